The van der Waals surface area contributed by atoms with E-state index in [1.165, 1.54) is 11.0 Å². The van der Waals surface area contributed by atoms with Crippen molar-refractivity contribution in [2.24, 2.45) is 0 Å². The Morgan fingerprint density at radius 1 is 1.56 bits per heavy atom. The van der Waals surface area contributed by atoms with Crippen LogP contribution in [0.5, 0.6) is 0 Å². The molecule has 1 aromatic heterocycles. The molecule has 4 nitrogen and oxygen atoms in total. The van der Waals surface area contributed by atoms with Gasteiger partial charge in [-0.1, -0.05) is 0 Å². The van der Waals surface area contributed by atoms with Gasteiger partial charge in [0.2, 0.25) is 5.91 Å². The predicted octanol–water partition coefficient (Wildman–Crippen LogP) is 2.15. The minimum absolute atomic E-state index is 0.215. The van der Waals surface area contributed by atoms with Crippen molar-refractivity contribution in [3.8, 4) is 0 Å². The molecule has 1 N–H and O–H groups in total. The third-order valence-corrected chi connectivity index (χ3v) is 4.08. The zero-order valence-electron chi connectivity index (χ0n) is 10.1. The van der Waals surface area contributed by atoms with Crippen LogP contribution in [0.3, 0.4) is 0 Å². The molecule has 1 aliphatic heterocycles. The van der Waals surface area contributed by atoms with Gasteiger partial charge in [0.1, 0.15) is 6.04 Å². The normalized spacial score (nSPS) is 19.6. The first-order chi connectivity index (χ1) is 8.59. The number of rotatable bonds is 3. The maximum atomic E-state index is 11.9. The summed E-state index contributed by atoms with van der Waals surface area (Å²) in [5, 5.41) is 11.0. The van der Waals surface area contributed by atoms with Crippen molar-refractivity contribution in [1.82, 2.24) is 4.90 Å². The van der Waals surface area contributed by atoms with E-state index in [9.17, 15) is 9.59 Å². The van der Waals surface area contributed by atoms with Crippen LogP contribution in [-0.2, 0) is 9.59 Å². The first-order valence-corrected chi connectivity index (χ1v) is 6.73. The zero-order chi connectivity index (χ0) is 13.1. The number of aryl methyl sites for hydroxylation is 1. The van der Waals surface area contributed by atoms with E-state index in [0.29, 0.717) is 13.0 Å². The molecule has 1 aliphatic rings. The molecule has 0 aliphatic carbocycles. The van der Waals surface area contributed by atoms with E-state index in [4.69, 9.17) is 5.11 Å². The molecule has 0 radical (unpaired) electrons. The van der Waals surface area contributed by atoms with Crippen molar-refractivity contribution in [3.63, 3.8) is 0 Å². The minimum atomic E-state index is -0.915. The lowest BCUT2D eigenvalue weighted by molar-refractivity contribution is -0.146. The molecule has 0 unspecified atom stereocenters. The van der Waals surface area contributed by atoms with Crippen LogP contribution < -0.4 is 0 Å². The Balaban J connectivity index is 2.06. The largest absolute Gasteiger partial charge is 0.480 e. The van der Waals surface area contributed by atoms with E-state index in [-0.39, 0.29) is 5.91 Å². The number of aliphatic carboxylic acids is 1. The number of thiophene rings is 1. The summed E-state index contributed by atoms with van der Waals surface area (Å²) in [6.07, 6.45) is 4.54. The number of nitrogens with zero attached hydrogens (tertiary/aromatic N) is 1. The fraction of sp³-hybridized carbons (Fsp3) is 0.385. The van der Waals surface area contributed by atoms with Crippen molar-refractivity contribution in [1.29, 1.82) is 0 Å². The molecule has 0 aromatic carbocycles. The lowest BCUT2D eigenvalue weighted by Crippen LogP contribution is -2.39. The molecule has 96 valence electrons. The van der Waals surface area contributed by atoms with Gasteiger partial charge in [0.25, 0.3) is 0 Å². The van der Waals surface area contributed by atoms with Crippen LogP contribution in [0.4, 0.5) is 0 Å². The van der Waals surface area contributed by atoms with E-state index < -0.39 is 12.0 Å². The van der Waals surface area contributed by atoms with Gasteiger partial charge in [-0.05, 0) is 42.9 Å². The van der Waals surface area contributed by atoms with Crippen molar-refractivity contribution in [2.75, 3.05) is 6.54 Å². The smallest absolute Gasteiger partial charge is 0.326 e. The van der Waals surface area contributed by atoms with Crippen LogP contribution in [0.1, 0.15) is 23.3 Å². The van der Waals surface area contributed by atoms with Crippen molar-refractivity contribution in [3.05, 3.63) is 28.0 Å². The molecule has 1 atom stereocenters. The van der Waals surface area contributed by atoms with E-state index >= 15 is 0 Å². The predicted molar refractivity (Wildman–Crippen MR) is 70.5 cm³/mol. The van der Waals surface area contributed by atoms with Gasteiger partial charge in [-0.15, -0.1) is 11.3 Å². The van der Waals surface area contributed by atoms with Gasteiger partial charge in [0.15, 0.2) is 0 Å². The fourth-order valence-corrected chi connectivity index (χ4v) is 2.90. The number of carbonyl (C=O) groups excluding carboxylic acids is 1. The lowest BCUT2D eigenvalue weighted by atomic mass is 10.2. The van der Waals surface area contributed by atoms with Gasteiger partial charge in [0.05, 0.1) is 0 Å². The molecule has 2 rings (SSSR count). The highest BCUT2D eigenvalue weighted by atomic mass is 32.1. The fourth-order valence-electron chi connectivity index (χ4n) is 2.09. The molecule has 0 bridgehead atoms. The Bertz CT molecular complexity index is 492. The summed E-state index contributed by atoms with van der Waals surface area (Å²) in [5.74, 6) is -1.13. The maximum Gasteiger partial charge on any atom is 0.326 e. The second-order valence-corrected chi connectivity index (χ2v) is 5.28. The van der Waals surface area contributed by atoms with Crippen LogP contribution in [-0.4, -0.2) is 34.5 Å². The average Bonchev–Trinajstić information content (AvgIpc) is 2.94. The third kappa shape index (κ3) is 2.61. The van der Waals surface area contributed by atoms with Crippen LogP contribution >= 0.6 is 11.3 Å². The molecular formula is C13H15NO3S. The van der Waals surface area contributed by atoms with Gasteiger partial charge >= 0.3 is 5.97 Å². The standard InChI is InChI=1S/C13H15NO3S/c1-9-6-8-18-11(9)4-5-12(15)14-7-2-3-10(14)13(16)17/h4-6,8,10H,2-3,7H2,1H3,(H,16,17)/b5-4+/t10-/m0/s1. The Morgan fingerprint density at radius 2 is 2.33 bits per heavy atom. The van der Waals surface area contributed by atoms with Crippen molar-refractivity contribution >= 4 is 29.3 Å². The summed E-state index contributed by atoms with van der Waals surface area (Å²) < 4.78 is 0. The molecular weight excluding hydrogens is 250 g/mol. The Labute approximate surface area is 110 Å². The minimum Gasteiger partial charge on any atom is -0.480 e. The first-order valence-electron chi connectivity index (χ1n) is 5.85. The Hall–Kier alpha value is -1.62. The van der Waals surface area contributed by atoms with Gasteiger partial charge in [-0.25, -0.2) is 4.79 Å². The van der Waals surface area contributed by atoms with E-state index in [2.05, 4.69) is 0 Å². The highest BCUT2D eigenvalue weighted by Gasteiger charge is 2.32. The number of carboxylic acids is 1. The van der Waals surface area contributed by atoms with Crippen molar-refractivity contribution < 1.29 is 14.7 Å². The van der Waals surface area contributed by atoms with Crippen molar-refractivity contribution in [2.45, 2.75) is 25.8 Å². The number of likely N-dealkylation sites (tertiary alicyclic amines) is 1. The summed E-state index contributed by atoms with van der Waals surface area (Å²) >= 11 is 1.57. The van der Waals surface area contributed by atoms with Crippen LogP contribution in [0, 0.1) is 6.92 Å². The average molecular weight is 265 g/mol. The van der Waals surface area contributed by atoms with Gasteiger partial charge in [-0.3, -0.25) is 4.79 Å². The molecule has 1 saturated heterocycles. The molecule has 5 heteroatoms. The first kappa shape index (κ1) is 12.8. The second-order valence-electron chi connectivity index (χ2n) is 4.33. The summed E-state index contributed by atoms with van der Waals surface area (Å²) in [5.41, 5.74) is 1.13. The highest BCUT2D eigenvalue weighted by Crippen LogP contribution is 2.20. The molecule has 2 heterocycles. The number of hydrogen-bond donors (Lipinski definition) is 1. The summed E-state index contributed by atoms with van der Waals surface area (Å²) in [4.78, 5) is 25.4. The van der Waals surface area contributed by atoms with Crippen LogP contribution in [0.15, 0.2) is 17.5 Å². The van der Waals surface area contributed by atoms with E-state index in [1.807, 2.05) is 18.4 Å². The van der Waals surface area contributed by atoms with E-state index in [1.54, 1.807) is 17.4 Å². The Morgan fingerprint density at radius 3 is 2.94 bits per heavy atom. The van der Waals surface area contributed by atoms with E-state index in [0.717, 1.165) is 16.9 Å². The zero-order valence-corrected chi connectivity index (χ0v) is 10.9. The molecule has 1 aromatic rings. The molecule has 1 fully saturated rings. The monoisotopic (exact) mass is 265 g/mol. The molecule has 0 saturated carbocycles. The lowest BCUT2D eigenvalue weighted by Gasteiger charge is -2.19. The number of hydrogen-bond acceptors (Lipinski definition) is 3. The Kier molecular flexibility index (Phi) is 3.81. The van der Waals surface area contributed by atoms with Gasteiger partial charge in [0, 0.05) is 17.5 Å². The molecule has 0 spiro atoms. The van der Waals surface area contributed by atoms with Gasteiger partial charge in [-0.2, -0.15) is 0 Å². The number of amides is 1. The van der Waals surface area contributed by atoms with Gasteiger partial charge < -0.3 is 10.0 Å². The molecule has 1 amide bonds. The number of carbonyl (C=O) groups is 2. The highest BCUT2D eigenvalue weighted by molar-refractivity contribution is 7.11. The van der Waals surface area contributed by atoms with Crippen LogP contribution in [0.25, 0.3) is 6.08 Å². The molecule has 18 heavy (non-hydrogen) atoms. The summed E-state index contributed by atoms with van der Waals surface area (Å²) in [6, 6.07) is 1.33. The second kappa shape index (κ2) is 5.35. The quantitative estimate of drug-likeness (QED) is 0.852. The maximum absolute atomic E-state index is 11.9. The summed E-state index contributed by atoms with van der Waals surface area (Å²) in [6.45, 7) is 2.51. The third-order valence-electron chi connectivity index (χ3n) is 3.10. The summed E-state index contributed by atoms with van der Waals surface area (Å²) in [7, 11) is 0. The number of carboxylic acid groups (broad SMARTS) is 1. The van der Waals surface area contributed by atoms with Crippen LogP contribution in [0.2, 0.25) is 0 Å². The SMILES string of the molecule is Cc1ccsc1/C=C/C(=O)N1CCC[C@H]1C(=O)O. The topological polar surface area (TPSA) is 57.6 Å².